The van der Waals surface area contributed by atoms with Crippen LogP contribution in [0.4, 0.5) is 0 Å². The minimum atomic E-state index is -1.50. The first-order valence-electron chi connectivity index (χ1n) is 5.02. The Morgan fingerprint density at radius 3 is 2.67 bits per heavy atom. The molecule has 0 radical (unpaired) electrons. The maximum atomic E-state index is 11.2. The Kier molecular flexibility index (Phi) is 3.38. The summed E-state index contributed by atoms with van der Waals surface area (Å²) in [5, 5.41) is 19.5. The minimum Gasteiger partial charge on any atom is -0.467 e. The van der Waals surface area contributed by atoms with Gasteiger partial charge in [-0.25, -0.2) is 4.79 Å². The molecule has 1 aliphatic rings. The van der Waals surface area contributed by atoms with Crippen molar-refractivity contribution in [1.29, 1.82) is 0 Å². The maximum absolute atomic E-state index is 11.2. The summed E-state index contributed by atoms with van der Waals surface area (Å²) in [6.45, 7) is 4.52. The van der Waals surface area contributed by atoms with Crippen LogP contribution in [-0.2, 0) is 9.53 Å². The van der Waals surface area contributed by atoms with Gasteiger partial charge >= 0.3 is 5.97 Å². The number of β-amino-alcohol motifs (C(OH)–C–C–N with tert-alkyl or cyclic N) is 2. The fraction of sp³-hybridized carbons (Fsp3) is 0.900. The van der Waals surface area contributed by atoms with Gasteiger partial charge in [0.25, 0.3) is 0 Å². The summed E-state index contributed by atoms with van der Waals surface area (Å²) >= 11 is 0. The monoisotopic (exact) mass is 217 g/mol. The van der Waals surface area contributed by atoms with Gasteiger partial charge in [-0.1, -0.05) is 0 Å². The van der Waals surface area contributed by atoms with Gasteiger partial charge in [-0.05, 0) is 20.3 Å². The molecule has 0 spiro atoms. The number of aliphatic hydroxyl groups is 2. The van der Waals surface area contributed by atoms with Crippen LogP contribution in [0.15, 0.2) is 0 Å². The van der Waals surface area contributed by atoms with E-state index in [1.165, 1.54) is 14.0 Å². The molecule has 15 heavy (non-hydrogen) atoms. The predicted molar refractivity (Wildman–Crippen MR) is 54.3 cm³/mol. The third-order valence-corrected chi connectivity index (χ3v) is 2.69. The first-order valence-corrected chi connectivity index (χ1v) is 5.02. The van der Waals surface area contributed by atoms with Gasteiger partial charge in [0.2, 0.25) is 0 Å². The molecule has 0 aromatic carbocycles. The SMILES string of the molecule is COC(=O)C(C)(O)CN1CCC(C)(O)C1. The summed E-state index contributed by atoms with van der Waals surface area (Å²) in [5.74, 6) is -0.644. The van der Waals surface area contributed by atoms with Gasteiger partial charge in [-0.15, -0.1) is 0 Å². The zero-order chi connectivity index (χ0) is 11.7. The van der Waals surface area contributed by atoms with Crippen LogP contribution in [0, 0.1) is 0 Å². The van der Waals surface area contributed by atoms with E-state index in [0.29, 0.717) is 19.5 Å². The number of esters is 1. The second-order valence-electron chi connectivity index (χ2n) is 4.72. The lowest BCUT2D eigenvalue weighted by atomic mass is 10.1. The van der Waals surface area contributed by atoms with Gasteiger partial charge in [0.15, 0.2) is 5.60 Å². The highest BCUT2D eigenvalue weighted by Gasteiger charge is 2.38. The Balaban J connectivity index is 2.52. The highest BCUT2D eigenvalue weighted by Crippen LogP contribution is 2.22. The molecule has 5 nitrogen and oxygen atoms in total. The Bertz CT molecular complexity index is 250. The zero-order valence-electron chi connectivity index (χ0n) is 9.49. The number of likely N-dealkylation sites (tertiary alicyclic amines) is 1. The third-order valence-electron chi connectivity index (χ3n) is 2.69. The lowest BCUT2D eigenvalue weighted by Crippen LogP contribution is -2.47. The van der Waals surface area contributed by atoms with Crippen molar-refractivity contribution < 1.29 is 19.7 Å². The number of methoxy groups -OCH3 is 1. The number of ether oxygens (including phenoxy) is 1. The largest absolute Gasteiger partial charge is 0.467 e. The first-order chi connectivity index (χ1) is 6.77. The molecule has 1 heterocycles. The quantitative estimate of drug-likeness (QED) is 0.616. The molecule has 0 aliphatic carbocycles. The normalized spacial score (nSPS) is 31.3. The van der Waals surface area contributed by atoms with E-state index in [9.17, 15) is 15.0 Å². The summed E-state index contributed by atoms with van der Waals surface area (Å²) in [5.41, 5.74) is -2.22. The average molecular weight is 217 g/mol. The summed E-state index contributed by atoms with van der Waals surface area (Å²) in [6, 6.07) is 0. The number of carbonyl (C=O) groups excluding carboxylic acids is 1. The molecule has 0 amide bonds. The summed E-state index contributed by atoms with van der Waals surface area (Å²) in [6.07, 6.45) is 0.657. The van der Waals surface area contributed by atoms with Crippen LogP contribution in [-0.4, -0.2) is 59.0 Å². The summed E-state index contributed by atoms with van der Waals surface area (Å²) in [7, 11) is 1.25. The van der Waals surface area contributed by atoms with E-state index in [1.54, 1.807) is 6.92 Å². The van der Waals surface area contributed by atoms with Crippen LogP contribution in [0.1, 0.15) is 20.3 Å². The maximum Gasteiger partial charge on any atom is 0.338 e. The van der Waals surface area contributed by atoms with Gasteiger partial charge in [0, 0.05) is 19.6 Å². The molecule has 1 saturated heterocycles. The molecular weight excluding hydrogens is 198 g/mol. The van der Waals surface area contributed by atoms with Gasteiger partial charge in [0.1, 0.15) is 0 Å². The van der Waals surface area contributed by atoms with Crippen molar-refractivity contribution in [3.8, 4) is 0 Å². The molecule has 88 valence electrons. The Morgan fingerprint density at radius 2 is 2.27 bits per heavy atom. The van der Waals surface area contributed by atoms with Crippen molar-refractivity contribution in [2.45, 2.75) is 31.5 Å². The van der Waals surface area contributed by atoms with E-state index >= 15 is 0 Å². The van der Waals surface area contributed by atoms with Gasteiger partial charge in [0.05, 0.1) is 12.7 Å². The topological polar surface area (TPSA) is 70.0 Å². The Morgan fingerprint density at radius 1 is 1.67 bits per heavy atom. The molecule has 1 aliphatic heterocycles. The lowest BCUT2D eigenvalue weighted by Gasteiger charge is -2.27. The molecule has 2 N–H and O–H groups in total. The Labute approximate surface area is 89.6 Å². The second kappa shape index (κ2) is 4.08. The molecule has 2 atom stereocenters. The van der Waals surface area contributed by atoms with E-state index in [0.717, 1.165) is 0 Å². The van der Waals surface area contributed by atoms with Crippen LogP contribution in [0.5, 0.6) is 0 Å². The van der Waals surface area contributed by atoms with Gasteiger partial charge in [-0.2, -0.15) is 0 Å². The molecule has 0 bridgehead atoms. The second-order valence-corrected chi connectivity index (χ2v) is 4.72. The van der Waals surface area contributed by atoms with Crippen molar-refractivity contribution in [3.63, 3.8) is 0 Å². The molecule has 1 fully saturated rings. The van der Waals surface area contributed by atoms with Crippen molar-refractivity contribution in [1.82, 2.24) is 4.90 Å². The fourth-order valence-corrected chi connectivity index (χ4v) is 1.89. The molecule has 5 heteroatoms. The first kappa shape index (κ1) is 12.4. The highest BCUT2D eigenvalue weighted by molar-refractivity contribution is 5.78. The van der Waals surface area contributed by atoms with Gasteiger partial charge in [-0.3, -0.25) is 4.90 Å². The fourth-order valence-electron chi connectivity index (χ4n) is 1.89. The van der Waals surface area contributed by atoms with E-state index in [4.69, 9.17) is 0 Å². The van der Waals surface area contributed by atoms with Crippen LogP contribution in [0.25, 0.3) is 0 Å². The molecule has 0 aromatic heterocycles. The molecule has 0 saturated carbocycles. The van der Waals surface area contributed by atoms with E-state index in [1.807, 2.05) is 4.90 Å². The van der Waals surface area contributed by atoms with Crippen LogP contribution >= 0.6 is 0 Å². The average Bonchev–Trinajstić information content (AvgIpc) is 2.43. The lowest BCUT2D eigenvalue weighted by molar-refractivity contribution is -0.162. The van der Waals surface area contributed by atoms with Crippen molar-refractivity contribution in [2.75, 3.05) is 26.7 Å². The van der Waals surface area contributed by atoms with Crippen molar-refractivity contribution >= 4 is 5.97 Å². The number of rotatable bonds is 3. The van der Waals surface area contributed by atoms with E-state index in [-0.39, 0.29) is 6.54 Å². The van der Waals surface area contributed by atoms with Crippen LogP contribution in [0.3, 0.4) is 0 Å². The van der Waals surface area contributed by atoms with Crippen molar-refractivity contribution in [3.05, 3.63) is 0 Å². The molecule has 0 aromatic rings. The van der Waals surface area contributed by atoms with Crippen LogP contribution < -0.4 is 0 Å². The van der Waals surface area contributed by atoms with Crippen molar-refractivity contribution in [2.24, 2.45) is 0 Å². The summed E-state index contributed by atoms with van der Waals surface area (Å²) < 4.78 is 4.50. The molecule has 2 unspecified atom stereocenters. The van der Waals surface area contributed by atoms with E-state index in [2.05, 4.69) is 4.74 Å². The number of carbonyl (C=O) groups is 1. The summed E-state index contributed by atoms with van der Waals surface area (Å²) in [4.78, 5) is 13.1. The highest BCUT2D eigenvalue weighted by atomic mass is 16.5. The number of hydrogen-bond acceptors (Lipinski definition) is 5. The smallest absolute Gasteiger partial charge is 0.338 e. The number of nitrogens with zero attached hydrogens (tertiary/aromatic N) is 1. The predicted octanol–water partition coefficient (Wildman–Crippen LogP) is -0.633. The van der Waals surface area contributed by atoms with E-state index < -0.39 is 17.2 Å². The minimum absolute atomic E-state index is 0.190. The van der Waals surface area contributed by atoms with Gasteiger partial charge < -0.3 is 14.9 Å². The number of hydrogen-bond donors (Lipinski definition) is 2. The standard InChI is InChI=1S/C10H19NO4/c1-9(13)4-5-11(6-9)7-10(2,14)8(12)15-3/h13-14H,4-7H2,1-3H3. The third kappa shape index (κ3) is 3.15. The molecule has 1 rings (SSSR count). The van der Waals surface area contributed by atoms with Crippen LogP contribution in [0.2, 0.25) is 0 Å². The molecular formula is C10H19NO4. The Hall–Kier alpha value is -0.650. The zero-order valence-corrected chi connectivity index (χ0v) is 9.49.